The van der Waals surface area contributed by atoms with Crippen LogP contribution in [0.1, 0.15) is 16.7 Å². The third kappa shape index (κ3) is 5.80. The molecular formula is C23H22N2O6S. The third-order valence-corrected chi connectivity index (χ3v) is 6.05. The van der Waals surface area contributed by atoms with Crippen LogP contribution in [-0.4, -0.2) is 50.7 Å². The Labute approximate surface area is 190 Å². The SMILES string of the molecule is COC(=O)Cc1ccc(SCC2CN(c3ccc(C#N)cc3)C(=O)O2)cc1CC(=O)OC. The Morgan fingerprint density at radius 1 is 1.09 bits per heavy atom. The highest BCUT2D eigenvalue weighted by Gasteiger charge is 2.32. The van der Waals surface area contributed by atoms with Crippen molar-refractivity contribution in [2.24, 2.45) is 0 Å². The summed E-state index contributed by atoms with van der Waals surface area (Å²) >= 11 is 1.49. The predicted octanol–water partition coefficient (Wildman–Crippen LogP) is 3.11. The van der Waals surface area contributed by atoms with Gasteiger partial charge in [0.05, 0.1) is 45.2 Å². The summed E-state index contributed by atoms with van der Waals surface area (Å²) in [6.07, 6.45) is -0.641. The van der Waals surface area contributed by atoms with E-state index in [1.54, 1.807) is 30.3 Å². The molecule has 32 heavy (non-hydrogen) atoms. The van der Waals surface area contributed by atoms with Crippen molar-refractivity contribution >= 4 is 35.5 Å². The summed E-state index contributed by atoms with van der Waals surface area (Å²) < 4.78 is 15.0. The largest absolute Gasteiger partial charge is 0.469 e. The van der Waals surface area contributed by atoms with Gasteiger partial charge in [0.2, 0.25) is 0 Å². The molecule has 1 heterocycles. The number of esters is 2. The number of amides is 1. The molecule has 1 atom stereocenters. The van der Waals surface area contributed by atoms with Crippen LogP contribution in [0.15, 0.2) is 47.4 Å². The number of nitriles is 1. The Morgan fingerprint density at radius 3 is 2.38 bits per heavy atom. The van der Waals surface area contributed by atoms with Crippen molar-refractivity contribution in [3.05, 3.63) is 59.2 Å². The highest BCUT2D eigenvalue weighted by Crippen LogP contribution is 2.28. The molecule has 0 radical (unpaired) electrons. The molecule has 0 saturated carbocycles. The summed E-state index contributed by atoms with van der Waals surface area (Å²) in [7, 11) is 2.63. The summed E-state index contributed by atoms with van der Waals surface area (Å²) in [4.78, 5) is 38.1. The Hall–Kier alpha value is -3.51. The fraction of sp³-hybridized carbons (Fsp3) is 0.304. The first-order chi connectivity index (χ1) is 15.4. The second kappa shape index (κ2) is 10.7. The number of benzene rings is 2. The molecule has 3 rings (SSSR count). The van der Waals surface area contributed by atoms with Gasteiger partial charge in [-0.25, -0.2) is 4.79 Å². The molecule has 0 N–H and O–H groups in total. The van der Waals surface area contributed by atoms with Gasteiger partial charge in [-0.05, 0) is 47.5 Å². The van der Waals surface area contributed by atoms with Crippen molar-refractivity contribution in [2.45, 2.75) is 23.8 Å². The number of anilines is 1. The zero-order chi connectivity index (χ0) is 23.1. The Morgan fingerprint density at radius 2 is 1.75 bits per heavy atom. The van der Waals surface area contributed by atoms with Crippen molar-refractivity contribution < 1.29 is 28.6 Å². The minimum absolute atomic E-state index is 0.0438. The Balaban J connectivity index is 1.66. The average molecular weight is 455 g/mol. The third-order valence-electron chi connectivity index (χ3n) is 4.92. The van der Waals surface area contributed by atoms with E-state index < -0.39 is 18.0 Å². The van der Waals surface area contributed by atoms with Crippen LogP contribution < -0.4 is 4.90 Å². The van der Waals surface area contributed by atoms with E-state index in [1.807, 2.05) is 18.2 Å². The number of thioether (sulfide) groups is 1. The van der Waals surface area contributed by atoms with Gasteiger partial charge in [-0.1, -0.05) is 6.07 Å². The fourth-order valence-electron chi connectivity index (χ4n) is 3.21. The summed E-state index contributed by atoms with van der Waals surface area (Å²) in [6, 6.07) is 14.3. The molecule has 1 saturated heterocycles. The van der Waals surface area contributed by atoms with Crippen molar-refractivity contribution in [1.29, 1.82) is 5.26 Å². The molecule has 2 aromatic carbocycles. The summed E-state index contributed by atoms with van der Waals surface area (Å²) in [6.45, 7) is 0.396. The monoisotopic (exact) mass is 454 g/mol. The molecule has 0 aliphatic carbocycles. The van der Waals surface area contributed by atoms with Gasteiger partial charge in [0, 0.05) is 16.3 Å². The standard InChI is InChI=1S/C23H22N2O6S/c1-29-21(26)10-16-5-8-20(9-17(16)11-22(27)30-2)32-14-19-13-25(23(28)31-19)18-6-3-15(12-24)4-7-18/h3-9,19H,10-11,13-14H2,1-2H3. The first-order valence-corrected chi connectivity index (χ1v) is 10.8. The van der Waals surface area contributed by atoms with Gasteiger partial charge in [0.1, 0.15) is 6.10 Å². The number of ether oxygens (including phenoxy) is 3. The van der Waals surface area contributed by atoms with E-state index in [-0.39, 0.29) is 18.9 Å². The zero-order valence-corrected chi connectivity index (χ0v) is 18.5. The van der Waals surface area contributed by atoms with E-state index in [0.717, 1.165) is 4.90 Å². The first-order valence-electron chi connectivity index (χ1n) is 9.80. The van der Waals surface area contributed by atoms with Crippen LogP contribution in [0.5, 0.6) is 0 Å². The number of rotatable bonds is 8. The molecule has 1 aliphatic heterocycles. The fourth-order valence-corrected chi connectivity index (χ4v) is 4.15. The highest BCUT2D eigenvalue weighted by atomic mass is 32.2. The minimum atomic E-state index is -0.430. The number of hydrogen-bond acceptors (Lipinski definition) is 8. The second-order valence-electron chi connectivity index (χ2n) is 7.02. The van der Waals surface area contributed by atoms with Crippen LogP contribution in [0.4, 0.5) is 10.5 Å². The summed E-state index contributed by atoms with van der Waals surface area (Å²) in [5, 5.41) is 8.91. The lowest BCUT2D eigenvalue weighted by Gasteiger charge is -2.13. The van der Waals surface area contributed by atoms with Crippen LogP contribution in [0.3, 0.4) is 0 Å². The first kappa shape index (κ1) is 23.2. The number of carbonyl (C=O) groups excluding carboxylic acids is 3. The normalized spacial score (nSPS) is 15.1. The zero-order valence-electron chi connectivity index (χ0n) is 17.7. The van der Waals surface area contributed by atoms with Gasteiger partial charge in [-0.3, -0.25) is 14.5 Å². The van der Waals surface area contributed by atoms with Crippen molar-refractivity contribution in [3.8, 4) is 6.07 Å². The predicted molar refractivity (Wildman–Crippen MR) is 117 cm³/mol. The molecular weight excluding hydrogens is 432 g/mol. The molecule has 8 nitrogen and oxygen atoms in total. The van der Waals surface area contributed by atoms with E-state index in [2.05, 4.69) is 0 Å². The van der Waals surface area contributed by atoms with Gasteiger partial charge in [0.25, 0.3) is 0 Å². The number of methoxy groups -OCH3 is 2. The van der Waals surface area contributed by atoms with E-state index in [0.29, 0.717) is 34.7 Å². The molecule has 1 amide bonds. The number of cyclic esters (lactones) is 1. The van der Waals surface area contributed by atoms with Crippen LogP contribution >= 0.6 is 11.8 Å². The number of hydrogen-bond donors (Lipinski definition) is 0. The smallest absolute Gasteiger partial charge is 0.414 e. The molecule has 1 unspecified atom stereocenters. The van der Waals surface area contributed by atoms with Crippen LogP contribution in [-0.2, 0) is 36.6 Å². The van der Waals surface area contributed by atoms with Crippen LogP contribution in [0.2, 0.25) is 0 Å². The van der Waals surface area contributed by atoms with Crippen molar-refractivity contribution in [1.82, 2.24) is 0 Å². The van der Waals surface area contributed by atoms with Gasteiger partial charge >= 0.3 is 18.0 Å². The van der Waals surface area contributed by atoms with Crippen molar-refractivity contribution in [3.63, 3.8) is 0 Å². The van der Waals surface area contributed by atoms with Crippen LogP contribution in [0, 0.1) is 11.3 Å². The van der Waals surface area contributed by atoms with Crippen LogP contribution in [0.25, 0.3) is 0 Å². The Bertz CT molecular complexity index is 1050. The molecule has 166 valence electrons. The summed E-state index contributed by atoms with van der Waals surface area (Å²) in [5.74, 6) is -0.273. The highest BCUT2D eigenvalue weighted by molar-refractivity contribution is 7.99. The molecule has 0 aromatic heterocycles. The lowest BCUT2D eigenvalue weighted by atomic mass is 10.0. The van der Waals surface area contributed by atoms with E-state index in [9.17, 15) is 14.4 Å². The van der Waals surface area contributed by atoms with Gasteiger partial charge < -0.3 is 14.2 Å². The molecule has 1 fully saturated rings. The minimum Gasteiger partial charge on any atom is -0.469 e. The quantitative estimate of drug-likeness (QED) is 0.340. The molecule has 0 spiro atoms. The van der Waals surface area contributed by atoms with Gasteiger partial charge in [-0.2, -0.15) is 5.26 Å². The molecule has 0 bridgehead atoms. The molecule has 9 heteroatoms. The van der Waals surface area contributed by atoms with Gasteiger partial charge in [-0.15, -0.1) is 11.8 Å². The van der Waals surface area contributed by atoms with E-state index >= 15 is 0 Å². The molecule has 2 aromatic rings. The number of carbonyl (C=O) groups is 3. The average Bonchev–Trinajstić information content (AvgIpc) is 3.19. The lowest BCUT2D eigenvalue weighted by Crippen LogP contribution is -2.24. The topological polar surface area (TPSA) is 106 Å². The second-order valence-corrected chi connectivity index (χ2v) is 8.12. The van der Waals surface area contributed by atoms with Crippen molar-refractivity contribution in [2.75, 3.05) is 31.4 Å². The maximum Gasteiger partial charge on any atom is 0.414 e. The number of nitrogens with zero attached hydrogens (tertiary/aromatic N) is 2. The van der Waals surface area contributed by atoms with E-state index in [1.165, 1.54) is 30.9 Å². The van der Waals surface area contributed by atoms with Gasteiger partial charge in [0.15, 0.2) is 0 Å². The Kier molecular flexibility index (Phi) is 7.73. The maximum atomic E-state index is 12.3. The molecule has 1 aliphatic rings. The van der Waals surface area contributed by atoms with E-state index in [4.69, 9.17) is 19.5 Å². The maximum absolute atomic E-state index is 12.3. The summed E-state index contributed by atoms with van der Waals surface area (Å²) in [5.41, 5.74) is 2.58. The lowest BCUT2D eigenvalue weighted by molar-refractivity contribution is -0.141.